The van der Waals surface area contributed by atoms with E-state index in [1.165, 1.54) is 17.0 Å². The average molecular weight is 260 g/mol. The summed E-state index contributed by atoms with van der Waals surface area (Å²) in [6, 6.07) is 3.73. The summed E-state index contributed by atoms with van der Waals surface area (Å²) in [6.07, 6.45) is 0. The molecule has 0 fully saturated rings. The van der Waals surface area contributed by atoms with Crippen molar-refractivity contribution >= 4 is 17.5 Å². The van der Waals surface area contributed by atoms with E-state index >= 15 is 0 Å². The summed E-state index contributed by atoms with van der Waals surface area (Å²) in [6.45, 7) is 3.61. The molecule has 0 heterocycles. The largest absolute Gasteiger partial charge is 0.395 e. The number of aliphatic hydroxyl groups is 1. The molecule has 0 saturated carbocycles. The summed E-state index contributed by atoms with van der Waals surface area (Å²) in [7, 11) is 0. The molecule has 1 aromatic carbocycles. The lowest BCUT2D eigenvalue weighted by molar-refractivity contribution is 0.0660. The van der Waals surface area contributed by atoms with E-state index < -0.39 is 11.7 Å². The van der Waals surface area contributed by atoms with Crippen LogP contribution in [0.25, 0.3) is 0 Å². The van der Waals surface area contributed by atoms with Crippen LogP contribution in [0.1, 0.15) is 24.2 Å². The zero-order valence-electron chi connectivity index (χ0n) is 9.78. The molecule has 0 radical (unpaired) electrons. The predicted molar refractivity (Wildman–Crippen MR) is 64.7 cm³/mol. The highest BCUT2D eigenvalue weighted by Gasteiger charge is 2.21. The van der Waals surface area contributed by atoms with E-state index in [1.54, 1.807) is 13.8 Å². The van der Waals surface area contributed by atoms with Gasteiger partial charge in [-0.25, -0.2) is 4.39 Å². The van der Waals surface area contributed by atoms with Crippen LogP contribution in [0.15, 0.2) is 18.2 Å². The summed E-state index contributed by atoms with van der Waals surface area (Å²) in [4.78, 5) is 13.5. The van der Waals surface area contributed by atoms with Crippen LogP contribution in [-0.2, 0) is 0 Å². The molecule has 0 aromatic heterocycles. The van der Waals surface area contributed by atoms with E-state index in [9.17, 15) is 9.18 Å². The lowest BCUT2D eigenvalue weighted by atomic mass is 10.1. The predicted octanol–water partition coefficient (Wildman–Crippen LogP) is 2.32. The van der Waals surface area contributed by atoms with E-state index in [0.29, 0.717) is 5.02 Å². The Labute approximate surface area is 105 Å². The molecule has 1 amide bonds. The second-order valence-electron chi connectivity index (χ2n) is 3.94. The maximum absolute atomic E-state index is 13.5. The van der Waals surface area contributed by atoms with Crippen LogP contribution in [-0.4, -0.2) is 35.1 Å². The summed E-state index contributed by atoms with van der Waals surface area (Å²) >= 11 is 5.74. The van der Waals surface area contributed by atoms with Gasteiger partial charge in [0.25, 0.3) is 5.91 Å². The molecule has 94 valence electrons. The van der Waals surface area contributed by atoms with Crippen LogP contribution < -0.4 is 0 Å². The molecule has 0 atom stereocenters. The molecule has 0 aliphatic carbocycles. The van der Waals surface area contributed by atoms with Crippen molar-refractivity contribution < 1.29 is 14.3 Å². The number of halogens is 2. The van der Waals surface area contributed by atoms with Crippen LogP contribution in [0, 0.1) is 5.82 Å². The first kappa shape index (κ1) is 13.9. The maximum Gasteiger partial charge on any atom is 0.257 e. The molecule has 0 saturated heterocycles. The smallest absolute Gasteiger partial charge is 0.257 e. The zero-order chi connectivity index (χ0) is 13.0. The van der Waals surface area contributed by atoms with Crippen molar-refractivity contribution in [2.24, 2.45) is 0 Å². The fourth-order valence-corrected chi connectivity index (χ4v) is 1.69. The summed E-state index contributed by atoms with van der Waals surface area (Å²) in [5.41, 5.74) is -0.0698. The van der Waals surface area contributed by atoms with Gasteiger partial charge in [0.2, 0.25) is 0 Å². The molecule has 17 heavy (non-hydrogen) atoms. The van der Waals surface area contributed by atoms with E-state index in [-0.39, 0.29) is 24.8 Å². The Morgan fingerprint density at radius 3 is 2.71 bits per heavy atom. The lowest BCUT2D eigenvalue weighted by Crippen LogP contribution is -2.39. The minimum Gasteiger partial charge on any atom is -0.395 e. The van der Waals surface area contributed by atoms with Gasteiger partial charge in [-0.15, -0.1) is 0 Å². The fourth-order valence-electron chi connectivity index (χ4n) is 1.52. The molecule has 1 N–H and O–H groups in total. The number of hydrogen-bond acceptors (Lipinski definition) is 2. The Balaban J connectivity index is 3.04. The highest BCUT2D eigenvalue weighted by atomic mass is 35.5. The van der Waals surface area contributed by atoms with Crippen LogP contribution in [0.3, 0.4) is 0 Å². The summed E-state index contributed by atoms with van der Waals surface area (Å²) in [5, 5.41) is 9.20. The highest BCUT2D eigenvalue weighted by molar-refractivity contribution is 6.31. The quantitative estimate of drug-likeness (QED) is 0.902. The molecule has 1 rings (SSSR count). The van der Waals surface area contributed by atoms with Crippen molar-refractivity contribution in [3.05, 3.63) is 34.6 Å². The van der Waals surface area contributed by atoms with Crippen LogP contribution in [0.5, 0.6) is 0 Å². The minimum atomic E-state index is -0.608. The zero-order valence-corrected chi connectivity index (χ0v) is 10.5. The molecule has 1 aromatic rings. The fraction of sp³-hybridized carbons (Fsp3) is 0.417. The first-order valence-electron chi connectivity index (χ1n) is 5.34. The van der Waals surface area contributed by atoms with Crippen molar-refractivity contribution in [3.8, 4) is 0 Å². The number of carbonyl (C=O) groups excluding carboxylic acids is 1. The lowest BCUT2D eigenvalue weighted by Gasteiger charge is -2.26. The molecule has 3 nitrogen and oxygen atoms in total. The van der Waals surface area contributed by atoms with Gasteiger partial charge in [-0.05, 0) is 32.0 Å². The van der Waals surface area contributed by atoms with Crippen LogP contribution in [0.4, 0.5) is 4.39 Å². The van der Waals surface area contributed by atoms with Crippen molar-refractivity contribution in [1.82, 2.24) is 4.90 Å². The van der Waals surface area contributed by atoms with Gasteiger partial charge in [0, 0.05) is 17.6 Å². The van der Waals surface area contributed by atoms with E-state index in [4.69, 9.17) is 16.7 Å². The Bertz CT molecular complexity index is 409. The number of amides is 1. The molecule has 0 unspecified atom stereocenters. The van der Waals surface area contributed by atoms with Crippen LogP contribution in [0.2, 0.25) is 5.02 Å². The second kappa shape index (κ2) is 5.98. The minimum absolute atomic E-state index is 0.0698. The summed E-state index contributed by atoms with van der Waals surface area (Å²) in [5.74, 6) is -1.07. The van der Waals surface area contributed by atoms with Crippen molar-refractivity contribution in [2.75, 3.05) is 13.2 Å². The number of nitrogens with zero attached hydrogens (tertiary/aromatic N) is 1. The van der Waals surface area contributed by atoms with Crippen molar-refractivity contribution in [1.29, 1.82) is 0 Å². The third-order valence-electron chi connectivity index (χ3n) is 2.38. The molecule has 0 spiro atoms. The Morgan fingerprint density at radius 2 is 2.18 bits per heavy atom. The van der Waals surface area contributed by atoms with E-state index in [0.717, 1.165) is 6.07 Å². The Kier molecular flexibility index (Phi) is 4.90. The van der Waals surface area contributed by atoms with E-state index in [2.05, 4.69) is 0 Å². The van der Waals surface area contributed by atoms with Gasteiger partial charge in [-0.2, -0.15) is 0 Å². The van der Waals surface area contributed by atoms with Gasteiger partial charge in [0.1, 0.15) is 5.82 Å². The normalized spacial score (nSPS) is 10.7. The Morgan fingerprint density at radius 1 is 1.53 bits per heavy atom. The third kappa shape index (κ3) is 3.41. The summed E-state index contributed by atoms with van der Waals surface area (Å²) < 4.78 is 13.5. The first-order chi connectivity index (χ1) is 7.97. The van der Waals surface area contributed by atoms with Gasteiger partial charge in [-0.3, -0.25) is 4.79 Å². The van der Waals surface area contributed by atoms with Crippen molar-refractivity contribution in [3.63, 3.8) is 0 Å². The molecular formula is C12H15ClFNO2. The molecular weight excluding hydrogens is 245 g/mol. The van der Waals surface area contributed by atoms with Gasteiger partial charge in [-0.1, -0.05) is 11.6 Å². The molecule has 0 aliphatic heterocycles. The number of rotatable bonds is 4. The Hall–Kier alpha value is -1.13. The average Bonchev–Trinajstić information content (AvgIpc) is 2.28. The van der Waals surface area contributed by atoms with Crippen LogP contribution >= 0.6 is 11.6 Å². The van der Waals surface area contributed by atoms with Gasteiger partial charge in [0.05, 0.1) is 12.2 Å². The molecule has 5 heteroatoms. The SMILES string of the molecule is CC(C)N(CCO)C(=O)c1cc(Cl)ccc1F. The first-order valence-corrected chi connectivity index (χ1v) is 5.72. The van der Waals surface area contributed by atoms with Crippen molar-refractivity contribution in [2.45, 2.75) is 19.9 Å². The third-order valence-corrected chi connectivity index (χ3v) is 2.62. The highest BCUT2D eigenvalue weighted by Crippen LogP contribution is 2.17. The number of benzene rings is 1. The number of aliphatic hydroxyl groups excluding tert-OH is 1. The van der Waals surface area contributed by atoms with E-state index in [1.807, 2.05) is 0 Å². The molecule has 0 bridgehead atoms. The standard InChI is InChI=1S/C12H15ClFNO2/c1-8(2)15(5-6-16)12(17)10-7-9(13)3-4-11(10)14/h3-4,7-8,16H,5-6H2,1-2H3. The maximum atomic E-state index is 13.5. The van der Waals surface area contributed by atoms with Gasteiger partial charge >= 0.3 is 0 Å². The second-order valence-corrected chi connectivity index (χ2v) is 4.38. The molecule has 0 aliphatic rings. The topological polar surface area (TPSA) is 40.5 Å². The van der Waals surface area contributed by atoms with Gasteiger partial charge in [0.15, 0.2) is 0 Å². The number of carbonyl (C=O) groups is 1. The number of hydrogen-bond donors (Lipinski definition) is 1. The van der Waals surface area contributed by atoms with Gasteiger partial charge < -0.3 is 10.0 Å². The monoisotopic (exact) mass is 259 g/mol.